The van der Waals surface area contributed by atoms with E-state index in [9.17, 15) is 28.4 Å². The Bertz CT molecular complexity index is 1480. The molecule has 1 saturated heterocycles. The molecule has 2 aromatic carbocycles. The maximum atomic E-state index is 14.2. The largest absolute Gasteiger partial charge is 0.382 e. The summed E-state index contributed by atoms with van der Waals surface area (Å²) in [6.07, 6.45) is 0.113. The van der Waals surface area contributed by atoms with Crippen molar-refractivity contribution in [2.24, 2.45) is 0 Å². The molecule has 1 fully saturated rings. The Morgan fingerprint density at radius 2 is 2.05 bits per heavy atom. The quantitative estimate of drug-likeness (QED) is 0.550. The smallest absolute Gasteiger partial charge is 0.270 e. The SMILES string of the molecule is COC[C@@H](C(=O)N1C[C@]2(C[C@H]1C#N)C(=O)Nc1ccccc12)N(C)C(=O)c1cc2c(F)cc(F)cc2[nH]1. The Morgan fingerprint density at radius 1 is 1.30 bits per heavy atom. The number of likely N-dealkylation sites (tertiary alicyclic amines) is 1. The van der Waals surface area contributed by atoms with Gasteiger partial charge in [0.2, 0.25) is 11.8 Å². The number of aromatic nitrogens is 1. The number of nitrogens with zero attached hydrogens (tertiary/aromatic N) is 3. The van der Waals surface area contributed by atoms with E-state index in [1.54, 1.807) is 24.3 Å². The first-order chi connectivity index (χ1) is 17.7. The maximum absolute atomic E-state index is 14.2. The highest BCUT2D eigenvalue weighted by molar-refractivity contribution is 6.07. The normalized spacial score (nSPS) is 21.1. The highest BCUT2D eigenvalue weighted by Gasteiger charge is 2.56. The topological polar surface area (TPSA) is 119 Å². The lowest BCUT2D eigenvalue weighted by atomic mass is 9.80. The molecule has 3 amide bonds. The van der Waals surface area contributed by atoms with Crippen molar-refractivity contribution in [3.63, 3.8) is 0 Å². The van der Waals surface area contributed by atoms with Crippen LogP contribution >= 0.6 is 0 Å². The van der Waals surface area contributed by atoms with Crippen LogP contribution in [0.15, 0.2) is 42.5 Å². The third-order valence-electron chi connectivity index (χ3n) is 7.20. The standard InChI is InChI=1S/C26H23F2N5O4/c1-32(23(34)21-9-16-18(28)7-14(27)8-20(16)30-21)22(12-37-2)24(35)33-13-26(10-15(33)11-29)17-5-3-4-6-19(17)31-25(26)36/h3-9,15,22,30H,10,12-13H2,1-2H3,(H,31,36)/t15-,22-,26-/m0/s1. The molecule has 0 unspecified atom stereocenters. The van der Waals surface area contributed by atoms with Crippen molar-refractivity contribution in [1.82, 2.24) is 14.8 Å². The predicted molar refractivity (Wildman–Crippen MR) is 128 cm³/mol. The van der Waals surface area contributed by atoms with E-state index in [0.29, 0.717) is 11.8 Å². The van der Waals surface area contributed by atoms with Crippen LogP contribution in [-0.4, -0.2) is 71.9 Å². The fraction of sp³-hybridized carbons (Fsp3) is 0.308. The summed E-state index contributed by atoms with van der Waals surface area (Å²) in [5, 5.41) is 12.7. The summed E-state index contributed by atoms with van der Waals surface area (Å²) in [6.45, 7) is -0.221. The molecule has 1 aromatic heterocycles. The second kappa shape index (κ2) is 8.97. The first-order valence-electron chi connectivity index (χ1n) is 11.5. The number of methoxy groups -OCH3 is 1. The average Bonchev–Trinajstić information content (AvgIpc) is 3.56. The van der Waals surface area contributed by atoms with Crippen LogP contribution in [0.4, 0.5) is 14.5 Å². The number of hydrogen-bond donors (Lipinski definition) is 2. The molecule has 37 heavy (non-hydrogen) atoms. The number of carbonyl (C=O) groups is 3. The molecular weight excluding hydrogens is 484 g/mol. The zero-order valence-corrected chi connectivity index (χ0v) is 20.0. The number of anilines is 1. The van der Waals surface area contributed by atoms with Crippen LogP contribution in [0.1, 0.15) is 22.5 Å². The van der Waals surface area contributed by atoms with Crippen molar-refractivity contribution in [3.05, 3.63) is 65.4 Å². The van der Waals surface area contributed by atoms with E-state index in [0.717, 1.165) is 16.5 Å². The number of aromatic amines is 1. The molecular formula is C26H23F2N5O4. The highest BCUT2D eigenvalue weighted by Crippen LogP contribution is 2.46. The lowest BCUT2D eigenvalue weighted by Crippen LogP contribution is -2.53. The molecule has 2 N–H and O–H groups in total. The third kappa shape index (κ3) is 3.81. The van der Waals surface area contributed by atoms with Crippen molar-refractivity contribution in [2.75, 3.05) is 32.6 Å². The van der Waals surface area contributed by atoms with Crippen molar-refractivity contribution < 1.29 is 27.9 Å². The van der Waals surface area contributed by atoms with Gasteiger partial charge in [-0.1, -0.05) is 18.2 Å². The van der Waals surface area contributed by atoms with Gasteiger partial charge in [-0.05, 0) is 23.8 Å². The van der Waals surface area contributed by atoms with Crippen molar-refractivity contribution in [3.8, 4) is 6.07 Å². The molecule has 0 bridgehead atoms. The van der Waals surface area contributed by atoms with E-state index in [2.05, 4.69) is 16.4 Å². The van der Waals surface area contributed by atoms with Gasteiger partial charge in [0.05, 0.1) is 23.6 Å². The number of likely N-dealkylation sites (N-methyl/N-ethyl adjacent to an activating group) is 1. The summed E-state index contributed by atoms with van der Waals surface area (Å²) in [5.41, 5.74) is 0.332. The lowest BCUT2D eigenvalue weighted by molar-refractivity contribution is -0.137. The number of carbonyl (C=O) groups excluding carboxylic acids is 3. The molecule has 9 nitrogen and oxygen atoms in total. The Labute approximate surface area is 210 Å². The van der Waals surface area contributed by atoms with E-state index in [1.807, 2.05) is 0 Å². The maximum Gasteiger partial charge on any atom is 0.270 e. The minimum atomic E-state index is -1.14. The number of halogens is 2. The monoisotopic (exact) mass is 507 g/mol. The second-order valence-electron chi connectivity index (χ2n) is 9.32. The van der Waals surface area contributed by atoms with Crippen molar-refractivity contribution in [1.29, 1.82) is 5.26 Å². The Morgan fingerprint density at radius 3 is 2.78 bits per heavy atom. The summed E-state index contributed by atoms with van der Waals surface area (Å²) >= 11 is 0. The second-order valence-corrected chi connectivity index (χ2v) is 9.32. The molecule has 5 rings (SSSR count). The van der Waals surface area contributed by atoms with E-state index in [1.165, 1.54) is 25.1 Å². The van der Waals surface area contributed by atoms with E-state index >= 15 is 0 Å². The number of amides is 3. The van der Waals surface area contributed by atoms with Crippen molar-refractivity contribution in [2.45, 2.75) is 23.9 Å². The first-order valence-corrected chi connectivity index (χ1v) is 11.5. The third-order valence-corrected chi connectivity index (χ3v) is 7.20. The number of rotatable bonds is 5. The predicted octanol–water partition coefficient (Wildman–Crippen LogP) is 2.55. The molecule has 0 aliphatic carbocycles. The number of nitriles is 1. The zero-order chi connectivity index (χ0) is 26.5. The molecule has 3 atom stereocenters. The number of H-pyrrole nitrogens is 1. The van der Waals surface area contributed by atoms with Gasteiger partial charge >= 0.3 is 0 Å². The van der Waals surface area contributed by atoms with Crippen LogP contribution in [0, 0.1) is 23.0 Å². The number of hydrogen-bond acceptors (Lipinski definition) is 5. The molecule has 2 aliphatic rings. The fourth-order valence-electron chi connectivity index (χ4n) is 5.29. The van der Waals surface area contributed by atoms with Gasteiger partial charge in [0.1, 0.15) is 29.4 Å². The lowest BCUT2D eigenvalue weighted by Gasteiger charge is -2.31. The van der Waals surface area contributed by atoms with E-state index in [4.69, 9.17) is 4.74 Å². The van der Waals surface area contributed by atoms with Crippen LogP contribution in [0.3, 0.4) is 0 Å². The average molecular weight is 507 g/mol. The summed E-state index contributed by atoms with van der Waals surface area (Å²) in [6, 6.07) is 10.3. The number of para-hydroxylation sites is 1. The Kier molecular flexibility index (Phi) is 5.92. The van der Waals surface area contributed by atoms with Gasteiger partial charge in [0.15, 0.2) is 0 Å². The van der Waals surface area contributed by atoms with Gasteiger partial charge in [0.25, 0.3) is 5.91 Å². The minimum Gasteiger partial charge on any atom is -0.382 e. The van der Waals surface area contributed by atoms with Gasteiger partial charge < -0.3 is 24.8 Å². The van der Waals surface area contributed by atoms with Crippen LogP contribution in [0.2, 0.25) is 0 Å². The molecule has 0 saturated carbocycles. The van der Waals surface area contributed by atoms with Gasteiger partial charge in [-0.3, -0.25) is 14.4 Å². The van der Waals surface area contributed by atoms with Gasteiger partial charge in [-0.15, -0.1) is 0 Å². The first kappa shape index (κ1) is 24.4. The van der Waals surface area contributed by atoms with Crippen molar-refractivity contribution >= 4 is 34.3 Å². The summed E-state index contributed by atoms with van der Waals surface area (Å²) in [5.74, 6) is -3.13. The number of fused-ring (bicyclic) bond motifs is 3. The molecule has 2 aliphatic heterocycles. The summed E-state index contributed by atoms with van der Waals surface area (Å²) in [4.78, 5) is 45.2. The van der Waals surface area contributed by atoms with E-state index < -0.39 is 40.9 Å². The molecule has 0 radical (unpaired) electrons. The number of ether oxygens (including phenoxy) is 1. The molecule has 3 heterocycles. The molecule has 3 aromatic rings. The Hall–Kier alpha value is -4.30. The van der Waals surface area contributed by atoms with Crippen LogP contribution < -0.4 is 5.32 Å². The van der Waals surface area contributed by atoms with Gasteiger partial charge in [-0.25, -0.2) is 8.78 Å². The Balaban J connectivity index is 1.45. The summed E-state index contributed by atoms with van der Waals surface area (Å²) in [7, 11) is 2.75. The number of benzene rings is 2. The fourth-order valence-corrected chi connectivity index (χ4v) is 5.29. The molecule has 11 heteroatoms. The van der Waals surface area contributed by atoms with E-state index in [-0.39, 0.29) is 42.1 Å². The minimum absolute atomic E-state index is 0.0321. The molecule has 1 spiro atoms. The van der Waals surface area contributed by atoms with Crippen LogP contribution in [0.25, 0.3) is 10.9 Å². The van der Waals surface area contributed by atoms with Crippen LogP contribution in [0.5, 0.6) is 0 Å². The van der Waals surface area contributed by atoms with Crippen LogP contribution in [-0.2, 0) is 19.7 Å². The van der Waals surface area contributed by atoms with Gasteiger partial charge in [0, 0.05) is 44.3 Å². The van der Waals surface area contributed by atoms with Gasteiger partial charge in [-0.2, -0.15) is 5.26 Å². The molecule has 190 valence electrons. The highest BCUT2D eigenvalue weighted by atomic mass is 19.1. The number of nitrogens with one attached hydrogen (secondary N) is 2. The zero-order valence-electron chi connectivity index (χ0n) is 20.0. The summed E-state index contributed by atoms with van der Waals surface area (Å²) < 4.78 is 33.0.